The Morgan fingerprint density at radius 3 is 2.45 bits per heavy atom. The lowest BCUT2D eigenvalue weighted by molar-refractivity contribution is -0.157. The Balaban J connectivity index is 2.48. The molecular weight excluding hydrogens is 280 g/mol. The van der Waals surface area contributed by atoms with Crippen LogP contribution in [0.2, 0.25) is 0 Å². The van der Waals surface area contributed by atoms with Gasteiger partial charge in [-0.3, -0.25) is 14.2 Å². The molecule has 0 saturated heterocycles. The molecule has 0 unspecified atom stereocenters. The normalized spacial score (nSPS) is 11.7. The number of rotatable bonds is 2. The number of benzene rings is 1. The number of hydrogen-bond donors (Lipinski definition) is 0. The fourth-order valence-electron chi connectivity index (χ4n) is 2.28. The van der Waals surface area contributed by atoms with E-state index in [1.165, 1.54) is 4.57 Å². The van der Waals surface area contributed by atoms with Gasteiger partial charge >= 0.3 is 5.97 Å². The zero-order chi connectivity index (χ0) is 16.7. The van der Waals surface area contributed by atoms with Gasteiger partial charge in [-0.2, -0.15) is 0 Å². The average Bonchev–Trinajstić information content (AvgIpc) is 2.38. The SMILES string of the molecule is Cc1cc(C)c2nc(C)n(COC(=O)C(C)(C)C)c(=O)c2c1. The monoisotopic (exact) mass is 302 g/mol. The molecule has 0 radical (unpaired) electrons. The number of hydrogen-bond acceptors (Lipinski definition) is 4. The summed E-state index contributed by atoms with van der Waals surface area (Å²) in [6, 6.07) is 3.82. The van der Waals surface area contributed by atoms with Crippen molar-refractivity contribution < 1.29 is 9.53 Å². The third kappa shape index (κ3) is 3.03. The number of carbonyl (C=O) groups is 1. The Bertz CT molecular complexity index is 798. The van der Waals surface area contributed by atoms with Gasteiger partial charge in [0.2, 0.25) is 0 Å². The van der Waals surface area contributed by atoms with Gasteiger partial charge in [0.25, 0.3) is 5.56 Å². The van der Waals surface area contributed by atoms with E-state index in [1.807, 2.05) is 26.0 Å². The van der Waals surface area contributed by atoms with Crippen LogP contribution in [0.15, 0.2) is 16.9 Å². The number of aromatic nitrogens is 2. The van der Waals surface area contributed by atoms with Crippen molar-refractivity contribution >= 4 is 16.9 Å². The highest BCUT2D eigenvalue weighted by Gasteiger charge is 2.23. The van der Waals surface area contributed by atoms with Gasteiger partial charge in [0.15, 0.2) is 6.73 Å². The Kier molecular flexibility index (Phi) is 4.09. The summed E-state index contributed by atoms with van der Waals surface area (Å²) in [6.07, 6.45) is 0. The first-order valence-electron chi connectivity index (χ1n) is 7.27. The Hall–Kier alpha value is -2.17. The molecule has 22 heavy (non-hydrogen) atoms. The summed E-state index contributed by atoms with van der Waals surface area (Å²) in [5.41, 5.74) is 1.89. The molecule has 0 atom stereocenters. The van der Waals surface area contributed by atoms with Gasteiger partial charge < -0.3 is 4.74 Å². The Morgan fingerprint density at radius 1 is 1.23 bits per heavy atom. The highest BCUT2D eigenvalue weighted by atomic mass is 16.5. The molecule has 118 valence electrons. The number of esters is 1. The van der Waals surface area contributed by atoms with E-state index in [4.69, 9.17) is 4.74 Å². The van der Waals surface area contributed by atoms with Crippen LogP contribution < -0.4 is 5.56 Å². The third-order valence-corrected chi connectivity index (χ3v) is 3.52. The highest BCUT2D eigenvalue weighted by molar-refractivity contribution is 5.81. The second kappa shape index (κ2) is 5.55. The summed E-state index contributed by atoms with van der Waals surface area (Å²) in [7, 11) is 0. The largest absolute Gasteiger partial charge is 0.443 e. The van der Waals surface area contributed by atoms with Gasteiger partial charge in [0.05, 0.1) is 16.3 Å². The fraction of sp³-hybridized carbons (Fsp3) is 0.471. The first-order valence-corrected chi connectivity index (χ1v) is 7.27. The minimum atomic E-state index is -0.602. The van der Waals surface area contributed by atoms with E-state index in [9.17, 15) is 9.59 Å². The maximum absolute atomic E-state index is 12.6. The van der Waals surface area contributed by atoms with Crippen molar-refractivity contribution in [1.29, 1.82) is 0 Å². The van der Waals surface area contributed by atoms with Crippen LogP contribution in [0, 0.1) is 26.2 Å². The molecule has 0 aliphatic heterocycles. The first-order chi connectivity index (χ1) is 10.1. The molecule has 0 aliphatic rings. The molecule has 2 aromatic rings. The van der Waals surface area contributed by atoms with Crippen LogP contribution in [0.3, 0.4) is 0 Å². The topological polar surface area (TPSA) is 61.2 Å². The summed E-state index contributed by atoms with van der Waals surface area (Å²) in [5, 5.41) is 0.551. The van der Waals surface area contributed by atoms with Crippen molar-refractivity contribution in [3.8, 4) is 0 Å². The maximum Gasteiger partial charge on any atom is 0.312 e. The van der Waals surface area contributed by atoms with Gasteiger partial charge in [-0.05, 0) is 58.7 Å². The molecule has 0 aliphatic carbocycles. The van der Waals surface area contributed by atoms with Crippen LogP contribution >= 0.6 is 0 Å². The standard InChI is InChI=1S/C17H22N2O3/c1-10-7-11(2)14-13(8-10)15(20)19(12(3)18-14)9-22-16(21)17(4,5)6/h7-8H,9H2,1-6H3. The Morgan fingerprint density at radius 2 is 1.86 bits per heavy atom. The van der Waals surface area contributed by atoms with Crippen LogP contribution in [-0.4, -0.2) is 15.5 Å². The molecule has 0 N–H and O–H groups in total. The van der Waals surface area contributed by atoms with Crippen molar-refractivity contribution in [2.24, 2.45) is 5.41 Å². The van der Waals surface area contributed by atoms with Gasteiger partial charge in [0.1, 0.15) is 5.82 Å². The second-order valence-electron chi connectivity index (χ2n) is 6.68. The molecular formula is C17H22N2O3. The van der Waals surface area contributed by atoms with Crippen molar-refractivity contribution in [3.63, 3.8) is 0 Å². The zero-order valence-electron chi connectivity index (χ0n) is 14.0. The third-order valence-electron chi connectivity index (χ3n) is 3.52. The number of aryl methyl sites for hydroxylation is 3. The van der Waals surface area contributed by atoms with E-state index in [0.29, 0.717) is 16.7 Å². The van der Waals surface area contributed by atoms with Crippen molar-refractivity contribution in [1.82, 2.24) is 9.55 Å². The van der Waals surface area contributed by atoms with E-state index in [2.05, 4.69) is 4.98 Å². The van der Waals surface area contributed by atoms with Gasteiger partial charge in [-0.25, -0.2) is 4.98 Å². The quantitative estimate of drug-likeness (QED) is 0.800. The Labute approximate surface area is 129 Å². The summed E-state index contributed by atoms with van der Waals surface area (Å²) < 4.78 is 6.64. The molecule has 1 aromatic heterocycles. The van der Waals surface area contributed by atoms with Crippen LogP contribution in [0.25, 0.3) is 10.9 Å². The highest BCUT2D eigenvalue weighted by Crippen LogP contribution is 2.17. The number of nitrogens with zero attached hydrogens (tertiary/aromatic N) is 2. The summed E-state index contributed by atoms with van der Waals surface area (Å²) in [6.45, 7) is 10.8. The van der Waals surface area contributed by atoms with E-state index in [0.717, 1.165) is 11.1 Å². The molecule has 0 bridgehead atoms. The number of fused-ring (bicyclic) bond motifs is 1. The predicted molar refractivity (Wildman–Crippen MR) is 85.8 cm³/mol. The van der Waals surface area contributed by atoms with Crippen LogP contribution in [-0.2, 0) is 16.3 Å². The van der Waals surface area contributed by atoms with Crippen LogP contribution in [0.4, 0.5) is 0 Å². The van der Waals surface area contributed by atoms with Gasteiger partial charge in [-0.1, -0.05) is 6.07 Å². The lowest BCUT2D eigenvalue weighted by atomic mass is 9.98. The summed E-state index contributed by atoms with van der Waals surface area (Å²) >= 11 is 0. The second-order valence-corrected chi connectivity index (χ2v) is 6.68. The maximum atomic E-state index is 12.6. The molecule has 5 nitrogen and oxygen atoms in total. The van der Waals surface area contributed by atoms with Crippen LogP contribution in [0.1, 0.15) is 37.7 Å². The van der Waals surface area contributed by atoms with Crippen LogP contribution in [0.5, 0.6) is 0 Å². The van der Waals surface area contributed by atoms with Gasteiger partial charge in [-0.15, -0.1) is 0 Å². The molecule has 5 heteroatoms. The molecule has 0 saturated carbocycles. The zero-order valence-corrected chi connectivity index (χ0v) is 14.0. The minimum absolute atomic E-state index is 0.114. The van der Waals surface area contributed by atoms with Crippen molar-refractivity contribution in [2.45, 2.75) is 48.3 Å². The molecule has 1 heterocycles. The average molecular weight is 302 g/mol. The molecule has 0 fully saturated rings. The van der Waals surface area contributed by atoms with Crippen molar-refractivity contribution in [2.75, 3.05) is 0 Å². The van der Waals surface area contributed by atoms with E-state index in [1.54, 1.807) is 27.7 Å². The molecule has 0 amide bonds. The number of carbonyl (C=O) groups excluding carboxylic acids is 1. The van der Waals surface area contributed by atoms with E-state index in [-0.39, 0.29) is 18.3 Å². The molecule has 2 rings (SSSR count). The molecule has 0 spiro atoms. The minimum Gasteiger partial charge on any atom is -0.443 e. The smallest absolute Gasteiger partial charge is 0.312 e. The number of ether oxygens (including phenoxy) is 1. The molecule has 1 aromatic carbocycles. The lowest BCUT2D eigenvalue weighted by Crippen LogP contribution is -2.30. The fourth-order valence-corrected chi connectivity index (χ4v) is 2.28. The van der Waals surface area contributed by atoms with E-state index >= 15 is 0 Å². The summed E-state index contributed by atoms with van der Waals surface area (Å²) in [5.74, 6) is 0.186. The van der Waals surface area contributed by atoms with Crippen molar-refractivity contribution in [3.05, 3.63) is 39.4 Å². The lowest BCUT2D eigenvalue weighted by Gasteiger charge is -2.18. The van der Waals surface area contributed by atoms with E-state index < -0.39 is 5.41 Å². The first kappa shape index (κ1) is 16.2. The summed E-state index contributed by atoms with van der Waals surface area (Å²) in [4.78, 5) is 29.0. The van der Waals surface area contributed by atoms with Gasteiger partial charge in [0, 0.05) is 0 Å². The predicted octanol–water partition coefficient (Wildman–Crippen LogP) is 2.87.